The first-order valence-electron chi connectivity index (χ1n) is 5.41. The topological polar surface area (TPSA) is 49.7 Å². The van der Waals surface area contributed by atoms with Crippen molar-refractivity contribution in [2.45, 2.75) is 13.8 Å². The SMILES string of the molecule is CCN(CC)S(=O)(=O)N=Cc1ccc(Cl)c(Cl)c1. The van der Waals surface area contributed by atoms with E-state index in [1.165, 1.54) is 10.5 Å². The Labute approximate surface area is 117 Å². The van der Waals surface area contributed by atoms with E-state index in [0.717, 1.165) is 0 Å². The van der Waals surface area contributed by atoms with Gasteiger partial charge in [0.1, 0.15) is 0 Å². The van der Waals surface area contributed by atoms with Crippen molar-refractivity contribution in [1.29, 1.82) is 0 Å². The third-order valence-corrected chi connectivity index (χ3v) is 4.59. The summed E-state index contributed by atoms with van der Waals surface area (Å²) in [5.41, 5.74) is 0.583. The smallest absolute Gasteiger partial charge is 0.187 e. The molecule has 0 spiro atoms. The second kappa shape index (κ2) is 6.52. The third kappa shape index (κ3) is 3.95. The lowest BCUT2D eigenvalue weighted by Gasteiger charge is -2.13. The van der Waals surface area contributed by atoms with Crippen LogP contribution in [-0.2, 0) is 10.2 Å². The quantitative estimate of drug-likeness (QED) is 0.785. The zero-order valence-corrected chi connectivity index (χ0v) is 12.4. The Balaban J connectivity index is 2.95. The lowest BCUT2D eigenvalue weighted by atomic mass is 10.2. The lowest BCUT2D eigenvalue weighted by Crippen LogP contribution is -2.28. The predicted molar refractivity (Wildman–Crippen MR) is 75.9 cm³/mol. The molecule has 0 aromatic heterocycles. The molecule has 100 valence electrons. The second-order valence-electron chi connectivity index (χ2n) is 3.47. The standard InChI is InChI=1S/C11H14Cl2N2O2S/c1-3-15(4-2)18(16,17)14-8-9-5-6-10(12)11(13)7-9/h5-8H,3-4H2,1-2H3. The molecule has 0 N–H and O–H groups in total. The van der Waals surface area contributed by atoms with Crippen molar-refractivity contribution in [2.75, 3.05) is 13.1 Å². The first-order valence-corrected chi connectivity index (χ1v) is 7.56. The van der Waals surface area contributed by atoms with Gasteiger partial charge >= 0.3 is 10.2 Å². The molecule has 0 aliphatic carbocycles. The molecule has 0 heterocycles. The minimum atomic E-state index is -3.62. The van der Waals surface area contributed by atoms with E-state index >= 15 is 0 Å². The van der Waals surface area contributed by atoms with Crippen LogP contribution >= 0.6 is 23.2 Å². The number of hydrogen-bond donors (Lipinski definition) is 0. The van der Waals surface area contributed by atoms with Gasteiger partial charge in [0.05, 0.1) is 10.0 Å². The van der Waals surface area contributed by atoms with Crippen molar-refractivity contribution in [3.8, 4) is 0 Å². The van der Waals surface area contributed by atoms with Gasteiger partial charge in [0.2, 0.25) is 0 Å². The highest BCUT2D eigenvalue weighted by Gasteiger charge is 2.15. The molecule has 7 heteroatoms. The Morgan fingerprint density at radius 2 is 1.83 bits per heavy atom. The van der Waals surface area contributed by atoms with Gasteiger partial charge in [0.25, 0.3) is 0 Å². The molecule has 0 aliphatic heterocycles. The van der Waals surface area contributed by atoms with Crippen LogP contribution in [0.4, 0.5) is 0 Å². The zero-order chi connectivity index (χ0) is 13.8. The fourth-order valence-corrected chi connectivity index (χ4v) is 2.68. The minimum absolute atomic E-state index is 0.362. The molecule has 0 saturated heterocycles. The van der Waals surface area contributed by atoms with Crippen LogP contribution in [0, 0.1) is 0 Å². The van der Waals surface area contributed by atoms with E-state index in [1.807, 2.05) is 0 Å². The summed E-state index contributed by atoms with van der Waals surface area (Å²) in [5, 5.41) is 0.779. The van der Waals surface area contributed by atoms with Gasteiger partial charge in [-0.15, -0.1) is 0 Å². The molecule has 0 aliphatic rings. The number of hydrogen-bond acceptors (Lipinski definition) is 2. The van der Waals surface area contributed by atoms with Crippen LogP contribution in [0.15, 0.2) is 22.6 Å². The maximum Gasteiger partial charge on any atom is 0.322 e. The first-order chi connectivity index (χ1) is 8.40. The normalized spacial score (nSPS) is 12.5. The lowest BCUT2D eigenvalue weighted by molar-refractivity contribution is 0.446. The number of rotatable bonds is 5. The summed E-state index contributed by atoms with van der Waals surface area (Å²) < 4.78 is 28.4. The van der Waals surface area contributed by atoms with E-state index in [4.69, 9.17) is 23.2 Å². The van der Waals surface area contributed by atoms with E-state index in [9.17, 15) is 8.42 Å². The van der Waals surface area contributed by atoms with Crippen LogP contribution in [0.2, 0.25) is 10.0 Å². The van der Waals surface area contributed by atoms with Crippen molar-refractivity contribution >= 4 is 39.6 Å². The summed E-state index contributed by atoms with van der Waals surface area (Å²) in [5.74, 6) is 0. The van der Waals surface area contributed by atoms with Gasteiger partial charge in [0.15, 0.2) is 0 Å². The summed E-state index contributed by atoms with van der Waals surface area (Å²) in [6, 6.07) is 4.80. The van der Waals surface area contributed by atoms with Crippen LogP contribution in [-0.4, -0.2) is 32.0 Å². The van der Waals surface area contributed by atoms with Gasteiger partial charge in [0, 0.05) is 19.3 Å². The first kappa shape index (κ1) is 15.4. The Morgan fingerprint density at radius 1 is 1.22 bits per heavy atom. The number of nitrogens with zero attached hydrogens (tertiary/aromatic N) is 2. The molecule has 0 unspecified atom stereocenters. The fraction of sp³-hybridized carbons (Fsp3) is 0.364. The van der Waals surface area contributed by atoms with Crippen molar-refractivity contribution in [2.24, 2.45) is 4.40 Å². The predicted octanol–water partition coefficient (Wildman–Crippen LogP) is 3.00. The zero-order valence-electron chi connectivity index (χ0n) is 10.1. The van der Waals surface area contributed by atoms with E-state index in [2.05, 4.69) is 4.40 Å². The Kier molecular flexibility index (Phi) is 5.59. The molecule has 0 amide bonds. The van der Waals surface area contributed by atoms with Crippen LogP contribution in [0.1, 0.15) is 19.4 Å². The van der Waals surface area contributed by atoms with Gasteiger partial charge < -0.3 is 0 Å². The summed E-state index contributed by atoms with van der Waals surface area (Å²) >= 11 is 11.6. The second-order valence-corrected chi connectivity index (χ2v) is 5.91. The number of benzene rings is 1. The van der Waals surface area contributed by atoms with Crippen molar-refractivity contribution in [3.63, 3.8) is 0 Å². The van der Waals surface area contributed by atoms with Gasteiger partial charge in [-0.25, -0.2) is 0 Å². The van der Waals surface area contributed by atoms with Gasteiger partial charge in [-0.3, -0.25) is 0 Å². The van der Waals surface area contributed by atoms with Gasteiger partial charge in [-0.2, -0.15) is 17.1 Å². The molecule has 18 heavy (non-hydrogen) atoms. The molecule has 0 bridgehead atoms. The highest BCUT2D eigenvalue weighted by Crippen LogP contribution is 2.21. The molecular formula is C11H14Cl2N2O2S. The average Bonchev–Trinajstić information content (AvgIpc) is 2.32. The van der Waals surface area contributed by atoms with Crippen molar-refractivity contribution in [3.05, 3.63) is 33.8 Å². The van der Waals surface area contributed by atoms with Gasteiger partial charge in [-0.1, -0.05) is 43.1 Å². The van der Waals surface area contributed by atoms with E-state index in [0.29, 0.717) is 28.7 Å². The van der Waals surface area contributed by atoms with E-state index in [-0.39, 0.29) is 0 Å². The van der Waals surface area contributed by atoms with Crippen LogP contribution in [0.5, 0.6) is 0 Å². The van der Waals surface area contributed by atoms with Gasteiger partial charge in [-0.05, 0) is 17.7 Å². The fourth-order valence-electron chi connectivity index (χ4n) is 1.34. The molecule has 0 fully saturated rings. The van der Waals surface area contributed by atoms with Crippen molar-refractivity contribution in [1.82, 2.24) is 4.31 Å². The highest BCUT2D eigenvalue weighted by molar-refractivity contribution is 7.87. The van der Waals surface area contributed by atoms with E-state index < -0.39 is 10.2 Å². The summed E-state index contributed by atoms with van der Waals surface area (Å²) in [6.45, 7) is 4.29. The third-order valence-electron chi connectivity index (χ3n) is 2.31. The molecule has 0 radical (unpaired) electrons. The summed E-state index contributed by atoms with van der Waals surface area (Å²) in [4.78, 5) is 0. The monoisotopic (exact) mass is 308 g/mol. The molecule has 4 nitrogen and oxygen atoms in total. The maximum absolute atomic E-state index is 11.8. The van der Waals surface area contributed by atoms with Crippen LogP contribution < -0.4 is 0 Å². The Hall–Kier alpha value is -0.620. The van der Waals surface area contributed by atoms with Crippen LogP contribution in [0.25, 0.3) is 0 Å². The molecule has 1 rings (SSSR count). The molecule has 0 atom stereocenters. The van der Waals surface area contributed by atoms with Crippen molar-refractivity contribution < 1.29 is 8.42 Å². The Bertz CT molecular complexity index is 540. The molecule has 1 aromatic rings. The Morgan fingerprint density at radius 3 is 2.33 bits per heavy atom. The summed E-state index contributed by atoms with van der Waals surface area (Å²) in [7, 11) is -3.62. The molecular weight excluding hydrogens is 295 g/mol. The molecule has 0 saturated carbocycles. The average molecular weight is 309 g/mol. The maximum atomic E-state index is 11.8. The molecule has 1 aromatic carbocycles. The van der Waals surface area contributed by atoms with Crippen LogP contribution in [0.3, 0.4) is 0 Å². The number of halogens is 2. The highest BCUT2D eigenvalue weighted by atomic mass is 35.5. The minimum Gasteiger partial charge on any atom is -0.187 e. The van der Waals surface area contributed by atoms with E-state index in [1.54, 1.807) is 32.0 Å². The largest absolute Gasteiger partial charge is 0.322 e. The summed E-state index contributed by atoms with van der Waals surface area (Å²) in [6.07, 6.45) is 1.26.